The summed E-state index contributed by atoms with van der Waals surface area (Å²) in [5.41, 5.74) is 2.92. The molecule has 1 heterocycles. The summed E-state index contributed by atoms with van der Waals surface area (Å²) in [6, 6.07) is 5.52. The van der Waals surface area contributed by atoms with Crippen molar-refractivity contribution in [1.82, 2.24) is 4.37 Å². The largest absolute Gasteiger partial charge is 0.360 e. The molecule has 0 unspecified atom stereocenters. The molecule has 0 radical (unpaired) electrons. The number of hydrogen-bond acceptors (Lipinski definition) is 4. The zero-order chi connectivity index (χ0) is 13.8. The first kappa shape index (κ1) is 14.6. The molecule has 0 spiro atoms. The van der Waals surface area contributed by atoms with Crippen LogP contribution in [0.3, 0.4) is 0 Å². The van der Waals surface area contributed by atoms with Gasteiger partial charge in [-0.3, -0.25) is 0 Å². The van der Waals surface area contributed by atoms with Crippen LogP contribution in [0.1, 0.15) is 16.1 Å². The van der Waals surface area contributed by atoms with Gasteiger partial charge in [0.05, 0.1) is 28.0 Å². The summed E-state index contributed by atoms with van der Waals surface area (Å²) in [5.74, 6) is 0. The number of rotatable bonds is 5. The number of anilines is 1. The van der Waals surface area contributed by atoms with E-state index in [0.717, 1.165) is 21.8 Å². The predicted octanol–water partition coefficient (Wildman–Crippen LogP) is 4.65. The van der Waals surface area contributed by atoms with Gasteiger partial charge in [-0.05, 0) is 37.0 Å². The Bertz CT molecular complexity index is 552. The lowest BCUT2D eigenvalue weighted by atomic mass is 10.2. The fraction of sp³-hybridized carbons (Fsp3) is 0.308. The smallest absolute Gasteiger partial charge is 0.117 e. The summed E-state index contributed by atoms with van der Waals surface area (Å²) in [6.07, 6.45) is 0. The average Bonchev–Trinajstić information content (AvgIpc) is 2.70. The first-order valence-electron chi connectivity index (χ1n) is 5.77. The Morgan fingerprint density at radius 3 is 2.79 bits per heavy atom. The van der Waals surface area contributed by atoms with Gasteiger partial charge < -0.3 is 10.1 Å². The van der Waals surface area contributed by atoms with Gasteiger partial charge in [-0.15, -0.1) is 0 Å². The number of halogens is 2. The first-order valence-corrected chi connectivity index (χ1v) is 7.30. The quantitative estimate of drug-likeness (QED) is 0.644. The maximum absolute atomic E-state index is 6.08. The molecule has 0 fully saturated rings. The van der Waals surface area contributed by atoms with Gasteiger partial charge in [-0.25, -0.2) is 0 Å². The van der Waals surface area contributed by atoms with Crippen LogP contribution in [-0.4, -0.2) is 11.1 Å². The van der Waals surface area contributed by atoms with Crippen LogP contribution < -0.4 is 5.32 Å². The van der Waals surface area contributed by atoms with E-state index in [1.165, 1.54) is 11.5 Å². The van der Waals surface area contributed by atoms with Gasteiger partial charge in [0.2, 0.25) is 0 Å². The Morgan fingerprint density at radius 1 is 1.32 bits per heavy atom. The van der Waals surface area contributed by atoms with Crippen LogP contribution in [0.2, 0.25) is 10.0 Å². The molecule has 1 N–H and O–H groups in total. The van der Waals surface area contributed by atoms with E-state index in [4.69, 9.17) is 27.9 Å². The van der Waals surface area contributed by atoms with Crippen LogP contribution >= 0.6 is 34.7 Å². The van der Waals surface area contributed by atoms with E-state index in [-0.39, 0.29) is 0 Å². The highest BCUT2D eigenvalue weighted by atomic mass is 35.5. The molecule has 1 aromatic carbocycles. The zero-order valence-corrected chi connectivity index (χ0v) is 13.0. The molecule has 1 aromatic heterocycles. The molecule has 0 aliphatic rings. The van der Waals surface area contributed by atoms with Crippen molar-refractivity contribution in [3.8, 4) is 0 Å². The number of aromatic nitrogens is 1. The summed E-state index contributed by atoms with van der Waals surface area (Å²) in [4.78, 5) is 1.15. The van der Waals surface area contributed by atoms with Gasteiger partial charge in [0.1, 0.15) is 6.73 Å². The fourth-order valence-electron chi connectivity index (χ4n) is 1.68. The van der Waals surface area contributed by atoms with E-state index in [2.05, 4.69) is 9.69 Å². The minimum absolute atomic E-state index is 0.406. The molecular weight excluding hydrogens is 303 g/mol. The second-order valence-corrected chi connectivity index (χ2v) is 5.84. The van der Waals surface area contributed by atoms with Gasteiger partial charge in [0, 0.05) is 4.88 Å². The van der Waals surface area contributed by atoms with E-state index in [1.807, 2.05) is 26.0 Å². The highest BCUT2D eigenvalue weighted by Gasteiger charge is 2.07. The highest BCUT2D eigenvalue weighted by molar-refractivity contribution is 7.06. The molecule has 0 amide bonds. The lowest BCUT2D eigenvalue weighted by Crippen LogP contribution is -2.07. The minimum atomic E-state index is 0.406. The Hall–Kier alpha value is -0.810. The summed E-state index contributed by atoms with van der Waals surface area (Å²) >= 11 is 13.5. The lowest BCUT2D eigenvalue weighted by Gasteiger charge is -2.09. The molecule has 2 aromatic rings. The summed E-state index contributed by atoms with van der Waals surface area (Å²) in [6.45, 7) is 4.82. The third-order valence-corrected chi connectivity index (χ3v) is 4.37. The van der Waals surface area contributed by atoms with Crippen molar-refractivity contribution in [3.05, 3.63) is 44.4 Å². The maximum atomic E-state index is 6.08. The Balaban J connectivity index is 1.86. The number of nitrogens with zero attached hydrogens (tertiary/aromatic N) is 1. The standard InChI is InChI=1S/C13H14Cl2N2OS/c1-8-13(9(2)19-17-8)16-7-18-6-10-4-3-5-11(14)12(10)15/h3-5,16H,6-7H2,1-2H3. The monoisotopic (exact) mass is 316 g/mol. The van der Waals surface area contributed by atoms with Crippen molar-refractivity contribution in [2.75, 3.05) is 12.0 Å². The average molecular weight is 317 g/mol. The van der Waals surface area contributed by atoms with Gasteiger partial charge in [-0.2, -0.15) is 4.37 Å². The Kier molecular flexibility index (Phi) is 5.05. The van der Waals surface area contributed by atoms with Gasteiger partial charge in [0.15, 0.2) is 0 Å². The van der Waals surface area contributed by atoms with Gasteiger partial charge in [0.25, 0.3) is 0 Å². The highest BCUT2D eigenvalue weighted by Crippen LogP contribution is 2.26. The third kappa shape index (κ3) is 3.60. The first-order chi connectivity index (χ1) is 9.09. The molecule has 0 saturated carbocycles. The molecule has 6 heteroatoms. The minimum Gasteiger partial charge on any atom is -0.360 e. The SMILES string of the molecule is Cc1nsc(C)c1NCOCc1cccc(Cl)c1Cl. The van der Waals surface area contributed by atoms with Crippen LogP contribution in [-0.2, 0) is 11.3 Å². The van der Waals surface area contributed by atoms with Crippen LogP contribution in [0, 0.1) is 13.8 Å². The van der Waals surface area contributed by atoms with E-state index in [0.29, 0.717) is 23.4 Å². The number of nitrogens with one attached hydrogen (secondary N) is 1. The van der Waals surface area contributed by atoms with Crippen molar-refractivity contribution in [2.45, 2.75) is 20.5 Å². The molecule has 102 valence electrons. The van der Waals surface area contributed by atoms with Crippen LogP contribution in [0.25, 0.3) is 0 Å². The summed E-state index contributed by atoms with van der Waals surface area (Å²) in [7, 11) is 0. The molecule has 0 aliphatic carbocycles. The van der Waals surface area contributed by atoms with E-state index in [1.54, 1.807) is 6.07 Å². The molecule has 3 nitrogen and oxygen atoms in total. The molecule has 19 heavy (non-hydrogen) atoms. The third-order valence-electron chi connectivity index (χ3n) is 2.67. The van der Waals surface area contributed by atoms with Crippen molar-refractivity contribution in [1.29, 1.82) is 0 Å². The van der Waals surface area contributed by atoms with Crippen LogP contribution in [0.5, 0.6) is 0 Å². The van der Waals surface area contributed by atoms with Gasteiger partial charge >= 0.3 is 0 Å². The fourth-order valence-corrected chi connectivity index (χ4v) is 2.73. The molecular formula is C13H14Cl2N2OS. The lowest BCUT2D eigenvalue weighted by molar-refractivity contribution is 0.138. The van der Waals surface area contributed by atoms with Crippen LogP contribution in [0.4, 0.5) is 5.69 Å². The number of ether oxygens (including phenoxy) is 1. The van der Waals surface area contributed by atoms with E-state index >= 15 is 0 Å². The number of hydrogen-bond donors (Lipinski definition) is 1. The van der Waals surface area contributed by atoms with Gasteiger partial charge in [-0.1, -0.05) is 35.3 Å². The predicted molar refractivity (Wildman–Crippen MR) is 81.3 cm³/mol. The van der Waals surface area contributed by atoms with Crippen LogP contribution in [0.15, 0.2) is 18.2 Å². The Morgan fingerprint density at radius 2 is 2.11 bits per heavy atom. The van der Waals surface area contributed by atoms with Crippen molar-refractivity contribution in [2.24, 2.45) is 0 Å². The topological polar surface area (TPSA) is 34.2 Å². The van der Waals surface area contributed by atoms with Crippen molar-refractivity contribution < 1.29 is 4.74 Å². The molecule has 0 saturated heterocycles. The van der Waals surface area contributed by atoms with E-state index < -0.39 is 0 Å². The Labute approximate surface area is 126 Å². The molecule has 0 atom stereocenters. The molecule has 0 aliphatic heterocycles. The molecule has 2 rings (SSSR count). The maximum Gasteiger partial charge on any atom is 0.117 e. The normalized spacial score (nSPS) is 10.7. The number of benzene rings is 1. The van der Waals surface area contributed by atoms with Crippen molar-refractivity contribution >= 4 is 40.4 Å². The van der Waals surface area contributed by atoms with E-state index in [9.17, 15) is 0 Å². The molecule has 0 bridgehead atoms. The number of aryl methyl sites for hydroxylation is 2. The van der Waals surface area contributed by atoms with Crippen molar-refractivity contribution in [3.63, 3.8) is 0 Å². The second-order valence-electron chi connectivity index (χ2n) is 4.08. The summed E-state index contributed by atoms with van der Waals surface area (Å²) < 4.78 is 9.83. The second kappa shape index (κ2) is 6.57. The summed E-state index contributed by atoms with van der Waals surface area (Å²) in [5, 5.41) is 4.31. The zero-order valence-electron chi connectivity index (χ0n) is 10.7.